The third-order valence-corrected chi connectivity index (χ3v) is 4.85. The maximum atomic E-state index is 6.40. The van der Waals surface area contributed by atoms with Gasteiger partial charge >= 0.3 is 0 Å². The first-order valence-corrected chi connectivity index (χ1v) is 8.09. The van der Waals surface area contributed by atoms with Crippen LogP contribution in [-0.2, 0) is 0 Å². The van der Waals surface area contributed by atoms with Crippen LogP contribution in [-0.4, -0.2) is 6.54 Å². The van der Waals surface area contributed by atoms with Crippen molar-refractivity contribution >= 4 is 50.7 Å². The van der Waals surface area contributed by atoms with Crippen LogP contribution in [0.4, 0.5) is 0 Å². The molecule has 0 aliphatic rings. The van der Waals surface area contributed by atoms with Crippen LogP contribution in [0.2, 0.25) is 15.1 Å². The molecule has 0 bridgehead atoms. The molecule has 0 saturated heterocycles. The molecule has 2 aromatic rings. The lowest BCUT2D eigenvalue weighted by Gasteiger charge is -2.22. The van der Waals surface area contributed by atoms with E-state index in [-0.39, 0.29) is 6.04 Å². The van der Waals surface area contributed by atoms with Crippen molar-refractivity contribution < 1.29 is 0 Å². The molecule has 20 heavy (non-hydrogen) atoms. The zero-order chi connectivity index (χ0) is 14.7. The highest BCUT2D eigenvalue weighted by atomic mass is 79.9. The first-order chi connectivity index (χ1) is 9.54. The summed E-state index contributed by atoms with van der Waals surface area (Å²) in [6, 6.07) is 11.3. The zero-order valence-electron chi connectivity index (χ0n) is 10.8. The Kier molecular flexibility index (Phi) is 5.76. The predicted molar refractivity (Wildman–Crippen MR) is 91.1 cm³/mol. The molecule has 0 amide bonds. The molecule has 1 nitrogen and oxygen atoms in total. The monoisotopic (exact) mass is 391 g/mol. The maximum Gasteiger partial charge on any atom is 0.0606 e. The minimum Gasteiger partial charge on any atom is -0.306 e. The predicted octanol–water partition coefficient (Wildman–Crippen LogP) is 6.11. The van der Waals surface area contributed by atoms with Crippen LogP contribution < -0.4 is 5.32 Å². The van der Waals surface area contributed by atoms with Gasteiger partial charge in [-0.2, -0.15) is 0 Å². The molecular weight excluding hydrogens is 380 g/mol. The number of hydrogen-bond acceptors (Lipinski definition) is 1. The second-order valence-corrected chi connectivity index (χ2v) is 6.38. The SMILES string of the molecule is CCNC(c1ccc(Cl)cc1Cl)c1cccc(Br)c1Cl. The van der Waals surface area contributed by atoms with Crippen molar-refractivity contribution in [3.63, 3.8) is 0 Å². The second-order valence-electron chi connectivity index (χ2n) is 4.30. The molecule has 0 aliphatic carbocycles. The molecule has 0 aromatic heterocycles. The first kappa shape index (κ1) is 16.1. The fraction of sp³-hybridized carbons (Fsp3) is 0.200. The fourth-order valence-corrected chi connectivity index (χ4v) is 3.20. The van der Waals surface area contributed by atoms with E-state index >= 15 is 0 Å². The molecule has 0 saturated carbocycles. The van der Waals surface area contributed by atoms with Crippen LogP contribution >= 0.6 is 50.7 Å². The molecule has 0 aliphatic heterocycles. The molecule has 2 rings (SSSR count). The van der Waals surface area contributed by atoms with E-state index in [9.17, 15) is 0 Å². The Morgan fingerprint density at radius 1 is 1.10 bits per heavy atom. The highest BCUT2D eigenvalue weighted by Gasteiger charge is 2.19. The van der Waals surface area contributed by atoms with E-state index in [1.165, 1.54) is 0 Å². The van der Waals surface area contributed by atoms with Crippen molar-refractivity contribution in [2.24, 2.45) is 0 Å². The Hall–Kier alpha value is -0.250. The molecule has 0 fully saturated rings. The lowest BCUT2D eigenvalue weighted by atomic mass is 9.98. The lowest BCUT2D eigenvalue weighted by molar-refractivity contribution is 0.631. The number of nitrogens with one attached hydrogen (secondary N) is 1. The molecule has 5 heteroatoms. The lowest BCUT2D eigenvalue weighted by Crippen LogP contribution is -2.22. The van der Waals surface area contributed by atoms with Crippen LogP contribution in [0.25, 0.3) is 0 Å². The van der Waals surface area contributed by atoms with E-state index in [4.69, 9.17) is 34.8 Å². The number of rotatable bonds is 4. The van der Waals surface area contributed by atoms with Gasteiger partial charge < -0.3 is 5.32 Å². The summed E-state index contributed by atoms with van der Waals surface area (Å²) in [6.45, 7) is 2.84. The Morgan fingerprint density at radius 3 is 2.50 bits per heavy atom. The first-order valence-electron chi connectivity index (χ1n) is 6.16. The van der Waals surface area contributed by atoms with Crippen molar-refractivity contribution in [2.75, 3.05) is 6.54 Å². The summed E-state index contributed by atoms with van der Waals surface area (Å²) < 4.78 is 0.865. The molecule has 2 aromatic carbocycles. The van der Waals surface area contributed by atoms with Crippen LogP contribution in [0.3, 0.4) is 0 Å². The summed E-state index contributed by atoms with van der Waals surface area (Å²) in [7, 11) is 0. The van der Waals surface area contributed by atoms with Crippen LogP contribution in [0.15, 0.2) is 40.9 Å². The summed E-state index contributed by atoms with van der Waals surface area (Å²) in [5.74, 6) is 0. The molecule has 1 unspecified atom stereocenters. The summed E-state index contributed by atoms with van der Waals surface area (Å²) >= 11 is 22.1. The largest absolute Gasteiger partial charge is 0.306 e. The van der Waals surface area contributed by atoms with Gasteiger partial charge in [-0.05, 0) is 51.8 Å². The molecule has 106 valence electrons. The highest BCUT2D eigenvalue weighted by molar-refractivity contribution is 9.10. The summed E-state index contributed by atoms with van der Waals surface area (Å²) in [4.78, 5) is 0. The minimum absolute atomic E-state index is 0.0743. The molecule has 1 atom stereocenters. The Bertz CT molecular complexity index is 616. The molecule has 0 heterocycles. The van der Waals surface area contributed by atoms with Gasteiger partial charge in [-0.3, -0.25) is 0 Å². The van der Waals surface area contributed by atoms with Crippen molar-refractivity contribution in [3.05, 3.63) is 67.1 Å². The van der Waals surface area contributed by atoms with E-state index in [1.54, 1.807) is 6.07 Å². The van der Waals surface area contributed by atoms with Crippen LogP contribution in [0.5, 0.6) is 0 Å². The quantitative estimate of drug-likeness (QED) is 0.661. The standard InChI is InChI=1S/C15H13BrCl3N/c1-2-20-15(10-7-6-9(17)8-13(10)18)11-4-3-5-12(16)14(11)19/h3-8,15,20H,2H2,1H3. The van der Waals surface area contributed by atoms with Crippen molar-refractivity contribution in [1.82, 2.24) is 5.32 Å². The number of hydrogen-bond donors (Lipinski definition) is 1. The van der Waals surface area contributed by atoms with Gasteiger partial charge in [0.1, 0.15) is 0 Å². The van der Waals surface area contributed by atoms with E-state index in [1.807, 2.05) is 37.3 Å². The minimum atomic E-state index is -0.0743. The topological polar surface area (TPSA) is 12.0 Å². The summed E-state index contributed by atoms with van der Waals surface area (Å²) in [5, 5.41) is 5.34. The van der Waals surface area contributed by atoms with Crippen LogP contribution in [0.1, 0.15) is 24.1 Å². The molecule has 1 N–H and O–H groups in total. The Morgan fingerprint density at radius 2 is 1.85 bits per heavy atom. The van der Waals surface area contributed by atoms with Gasteiger partial charge in [0.2, 0.25) is 0 Å². The molecule has 0 spiro atoms. The van der Waals surface area contributed by atoms with Gasteiger partial charge in [-0.25, -0.2) is 0 Å². The average molecular weight is 394 g/mol. The average Bonchev–Trinajstić information content (AvgIpc) is 2.40. The number of halogens is 4. The van der Waals surface area contributed by atoms with E-state index in [0.717, 1.165) is 22.1 Å². The van der Waals surface area contributed by atoms with E-state index < -0.39 is 0 Å². The smallest absolute Gasteiger partial charge is 0.0606 e. The van der Waals surface area contributed by atoms with Crippen molar-refractivity contribution in [2.45, 2.75) is 13.0 Å². The Balaban J connectivity index is 2.53. The zero-order valence-corrected chi connectivity index (χ0v) is 14.6. The molecular formula is C15H13BrCl3N. The van der Waals surface area contributed by atoms with E-state index in [2.05, 4.69) is 21.2 Å². The van der Waals surface area contributed by atoms with Crippen LogP contribution in [0, 0.1) is 0 Å². The third-order valence-electron chi connectivity index (χ3n) is 2.97. The van der Waals surface area contributed by atoms with Crippen molar-refractivity contribution in [1.29, 1.82) is 0 Å². The number of benzene rings is 2. The summed E-state index contributed by atoms with van der Waals surface area (Å²) in [6.07, 6.45) is 0. The van der Waals surface area contributed by atoms with Gasteiger partial charge in [0.05, 0.1) is 11.1 Å². The normalized spacial score (nSPS) is 12.4. The van der Waals surface area contributed by atoms with Gasteiger partial charge in [0, 0.05) is 14.5 Å². The van der Waals surface area contributed by atoms with Gasteiger partial charge in [0.25, 0.3) is 0 Å². The van der Waals surface area contributed by atoms with Gasteiger partial charge in [-0.1, -0.05) is 59.9 Å². The fourth-order valence-electron chi connectivity index (χ4n) is 2.07. The molecule has 0 radical (unpaired) electrons. The summed E-state index contributed by atoms with van der Waals surface area (Å²) in [5.41, 5.74) is 1.94. The van der Waals surface area contributed by atoms with Gasteiger partial charge in [-0.15, -0.1) is 0 Å². The van der Waals surface area contributed by atoms with E-state index in [0.29, 0.717) is 15.1 Å². The van der Waals surface area contributed by atoms with Gasteiger partial charge in [0.15, 0.2) is 0 Å². The third kappa shape index (κ3) is 3.49. The Labute approximate surface area is 142 Å². The highest BCUT2D eigenvalue weighted by Crippen LogP contribution is 2.36. The maximum absolute atomic E-state index is 6.40. The van der Waals surface area contributed by atoms with Crippen molar-refractivity contribution in [3.8, 4) is 0 Å². The second kappa shape index (κ2) is 7.15.